The monoisotopic (exact) mass is 320 g/mol. The van der Waals surface area contributed by atoms with Crippen LogP contribution in [0.4, 0.5) is 0 Å². The first-order valence-electron chi connectivity index (χ1n) is 7.84. The van der Waals surface area contributed by atoms with Crippen LogP contribution in [-0.2, 0) is 13.6 Å². The van der Waals surface area contributed by atoms with Crippen molar-refractivity contribution in [2.24, 2.45) is 7.05 Å². The molecule has 24 heavy (non-hydrogen) atoms. The topological polar surface area (TPSA) is 59.8 Å². The number of aryl methyl sites for hydroxylation is 3. The van der Waals surface area contributed by atoms with Crippen LogP contribution in [0.2, 0.25) is 0 Å². The van der Waals surface area contributed by atoms with E-state index in [1.165, 1.54) is 0 Å². The molecule has 1 N–H and O–H groups in total. The number of benzene rings is 1. The molecule has 0 spiro atoms. The van der Waals surface area contributed by atoms with Crippen molar-refractivity contribution in [3.63, 3.8) is 0 Å². The predicted octanol–water partition coefficient (Wildman–Crippen LogP) is 3.03. The zero-order chi connectivity index (χ0) is 17.1. The van der Waals surface area contributed by atoms with Gasteiger partial charge in [0.2, 0.25) is 0 Å². The van der Waals surface area contributed by atoms with Gasteiger partial charge in [-0.1, -0.05) is 23.8 Å². The third-order valence-electron chi connectivity index (χ3n) is 3.93. The predicted molar refractivity (Wildman–Crippen MR) is 93.5 cm³/mol. The van der Waals surface area contributed by atoms with Gasteiger partial charge < -0.3 is 5.32 Å². The highest BCUT2D eigenvalue weighted by Crippen LogP contribution is 2.17. The Morgan fingerprint density at radius 2 is 2.00 bits per heavy atom. The molecule has 1 amide bonds. The molecule has 5 nitrogen and oxygen atoms in total. The Bertz CT molecular complexity index is 868. The minimum absolute atomic E-state index is 0.0822. The summed E-state index contributed by atoms with van der Waals surface area (Å²) in [6.07, 6.45) is 1.75. The summed E-state index contributed by atoms with van der Waals surface area (Å²) in [6.45, 7) is 4.30. The summed E-state index contributed by atoms with van der Waals surface area (Å²) < 4.78 is 1.78. The van der Waals surface area contributed by atoms with Crippen LogP contribution < -0.4 is 5.32 Å². The van der Waals surface area contributed by atoms with Crippen molar-refractivity contribution in [3.05, 3.63) is 71.0 Å². The molecule has 0 radical (unpaired) electrons. The van der Waals surface area contributed by atoms with Gasteiger partial charge in [0.25, 0.3) is 5.91 Å². The SMILES string of the molecule is Cc1ccc(C)c(C(=O)NCc2cc(-c3ccccn3)n(C)n2)c1. The Morgan fingerprint density at radius 3 is 2.75 bits per heavy atom. The van der Waals surface area contributed by atoms with Crippen LogP contribution in [0.5, 0.6) is 0 Å². The molecule has 0 saturated heterocycles. The van der Waals surface area contributed by atoms with Crippen molar-refractivity contribution in [2.45, 2.75) is 20.4 Å². The Hall–Kier alpha value is -2.95. The van der Waals surface area contributed by atoms with Gasteiger partial charge >= 0.3 is 0 Å². The molecule has 0 aliphatic rings. The summed E-state index contributed by atoms with van der Waals surface area (Å²) in [4.78, 5) is 16.7. The number of amides is 1. The van der Waals surface area contributed by atoms with Crippen molar-refractivity contribution >= 4 is 5.91 Å². The number of rotatable bonds is 4. The van der Waals surface area contributed by atoms with E-state index < -0.39 is 0 Å². The zero-order valence-corrected chi connectivity index (χ0v) is 14.1. The first-order valence-corrected chi connectivity index (χ1v) is 7.84. The highest BCUT2D eigenvalue weighted by Gasteiger charge is 2.12. The van der Waals surface area contributed by atoms with Gasteiger partial charge in [0.15, 0.2) is 0 Å². The number of carbonyl (C=O) groups is 1. The van der Waals surface area contributed by atoms with Gasteiger partial charge in [-0.05, 0) is 43.7 Å². The van der Waals surface area contributed by atoms with E-state index in [2.05, 4.69) is 15.4 Å². The second-order valence-corrected chi connectivity index (χ2v) is 5.86. The summed E-state index contributed by atoms with van der Waals surface area (Å²) >= 11 is 0. The van der Waals surface area contributed by atoms with E-state index in [0.717, 1.165) is 28.2 Å². The van der Waals surface area contributed by atoms with Gasteiger partial charge in [0, 0.05) is 18.8 Å². The minimum Gasteiger partial charge on any atom is -0.346 e. The number of nitrogens with one attached hydrogen (secondary N) is 1. The van der Waals surface area contributed by atoms with E-state index in [4.69, 9.17) is 0 Å². The number of pyridine rings is 1. The summed E-state index contributed by atoms with van der Waals surface area (Å²) in [7, 11) is 1.88. The van der Waals surface area contributed by atoms with Gasteiger partial charge in [-0.2, -0.15) is 5.10 Å². The van der Waals surface area contributed by atoms with Crippen molar-refractivity contribution in [1.29, 1.82) is 0 Å². The lowest BCUT2D eigenvalue weighted by atomic mass is 10.1. The molecule has 0 aliphatic carbocycles. The zero-order valence-electron chi connectivity index (χ0n) is 14.1. The molecule has 0 aliphatic heterocycles. The smallest absolute Gasteiger partial charge is 0.251 e. The van der Waals surface area contributed by atoms with Gasteiger partial charge in [-0.15, -0.1) is 0 Å². The van der Waals surface area contributed by atoms with Crippen LogP contribution in [-0.4, -0.2) is 20.7 Å². The number of carbonyl (C=O) groups excluding carboxylic acids is 1. The molecular formula is C19H20N4O. The second kappa shape index (κ2) is 6.66. The van der Waals surface area contributed by atoms with Crippen molar-refractivity contribution in [1.82, 2.24) is 20.1 Å². The van der Waals surface area contributed by atoms with Gasteiger partial charge in [-0.3, -0.25) is 14.5 Å². The van der Waals surface area contributed by atoms with E-state index in [1.807, 2.05) is 63.4 Å². The molecule has 0 atom stereocenters. The van der Waals surface area contributed by atoms with E-state index in [9.17, 15) is 4.79 Å². The van der Waals surface area contributed by atoms with Crippen LogP contribution in [0.1, 0.15) is 27.2 Å². The third kappa shape index (κ3) is 3.35. The van der Waals surface area contributed by atoms with Crippen molar-refractivity contribution < 1.29 is 4.79 Å². The summed E-state index contributed by atoms with van der Waals surface area (Å²) in [5, 5.41) is 7.39. The fourth-order valence-corrected chi connectivity index (χ4v) is 2.61. The Labute approximate surface area is 141 Å². The van der Waals surface area contributed by atoms with E-state index in [-0.39, 0.29) is 5.91 Å². The van der Waals surface area contributed by atoms with Crippen LogP contribution >= 0.6 is 0 Å². The van der Waals surface area contributed by atoms with E-state index in [0.29, 0.717) is 12.1 Å². The summed E-state index contributed by atoms with van der Waals surface area (Å²) in [5.41, 5.74) is 5.33. The third-order valence-corrected chi connectivity index (χ3v) is 3.93. The number of aromatic nitrogens is 3. The first kappa shape index (κ1) is 15.9. The first-order chi connectivity index (χ1) is 11.5. The lowest BCUT2D eigenvalue weighted by Gasteiger charge is -2.07. The molecule has 5 heteroatoms. The maximum Gasteiger partial charge on any atom is 0.251 e. The largest absolute Gasteiger partial charge is 0.346 e. The second-order valence-electron chi connectivity index (χ2n) is 5.86. The molecule has 0 bridgehead atoms. The molecule has 0 unspecified atom stereocenters. The fraction of sp³-hybridized carbons (Fsp3) is 0.211. The van der Waals surface area contributed by atoms with E-state index >= 15 is 0 Å². The molecule has 2 heterocycles. The van der Waals surface area contributed by atoms with Gasteiger partial charge in [0.05, 0.1) is 23.6 Å². The standard InChI is InChI=1S/C19H20N4O/c1-13-7-8-14(2)16(10-13)19(24)21-12-15-11-18(23(3)22-15)17-6-4-5-9-20-17/h4-11H,12H2,1-3H3,(H,21,24). The maximum absolute atomic E-state index is 12.4. The average molecular weight is 320 g/mol. The summed E-state index contributed by atoms with van der Waals surface area (Å²) in [5.74, 6) is -0.0822. The molecule has 0 fully saturated rings. The van der Waals surface area contributed by atoms with Crippen LogP contribution in [0.3, 0.4) is 0 Å². The fourth-order valence-electron chi connectivity index (χ4n) is 2.61. The number of hydrogen-bond donors (Lipinski definition) is 1. The Balaban J connectivity index is 1.73. The molecular weight excluding hydrogens is 300 g/mol. The van der Waals surface area contributed by atoms with Gasteiger partial charge in [0.1, 0.15) is 0 Å². The Kier molecular flexibility index (Phi) is 4.42. The van der Waals surface area contributed by atoms with Crippen molar-refractivity contribution in [2.75, 3.05) is 0 Å². The highest BCUT2D eigenvalue weighted by molar-refractivity contribution is 5.95. The normalized spacial score (nSPS) is 10.6. The molecule has 3 aromatic rings. The van der Waals surface area contributed by atoms with Gasteiger partial charge in [-0.25, -0.2) is 0 Å². The lowest BCUT2D eigenvalue weighted by Crippen LogP contribution is -2.24. The molecule has 2 aromatic heterocycles. The molecule has 122 valence electrons. The molecule has 1 aromatic carbocycles. The van der Waals surface area contributed by atoms with Crippen molar-refractivity contribution in [3.8, 4) is 11.4 Å². The number of hydrogen-bond acceptors (Lipinski definition) is 3. The quantitative estimate of drug-likeness (QED) is 0.804. The molecule has 0 saturated carbocycles. The van der Waals surface area contributed by atoms with Crippen LogP contribution in [0.25, 0.3) is 11.4 Å². The Morgan fingerprint density at radius 1 is 1.17 bits per heavy atom. The highest BCUT2D eigenvalue weighted by atomic mass is 16.1. The summed E-state index contributed by atoms with van der Waals surface area (Å²) in [6, 6.07) is 13.6. The average Bonchev–Trinajstić information content (AvgIpc) is 2.96. The minimum atomic E-state index is -0.0822. The van der Waals surface area contributed by atoms with E-state index in [1.54, 1.807) is 10.9 Å². The molecule has 3 rings (SSSR count). The van der Waals surface area contributed by atoms with Crippen LogP contribution in [0.15, 0.2) is 48.7 Å². The lowest BCUT2D eigenvalue weighted by molar-refractivity contribution is 0.0949. The van der Waals surface area contributed by atoms with Crippen LogP contribution in [0, 0.1) is 13.8 Å². The maximum atomic E-state index is 12.4. The number of nitrogens with zero attached hydrogens (tertiary/aromatic N) is 3.